The molecule has 328 valence electrons. The Balaban J connectivity index is 1.30. The molecule has 61 heavy (non-hydrogen) atoms. The van der Waals surface area contributed by atoms with Gasteiger partial charge in [-0.05, 0) is 22.3 Å². The van der Waals surface area contributed by atoms with Crippen molar-refractivity contribution in [1.29, 1.82) is 0 Å². The Morgan fingerprint density at radius 3 is 0.770 bits per heavy atom. The van der Waals surface area contributed by atoms with Crippen LogP contribution in [0, 0.1) is 5.41 Å². The standard InChI is InChI=1S/C45H56N4O12/c50-41(46-58-29-37-13-5-1-6-14-37)21-25-54-33-45(34-55-26-22-42(51)47-59-30-38-15-7-2-8-16-38,35-56-27-23-43(52)48-60-31-39-17-9-3-10-18-39)36-57-28-24-44(53)49-61-32-40-19-11-4-12-20-40/h1-20H,21-36H2,(H,46,50)(H,47,51)(H,48,52)(H,49,53). The Morgan fingerprint density at radius 1 is 0.344 bits per heavy atom. The van der Waals surface area contributed by atoms with E-state index in [0.717, 1.165) is 22.3 Å². The first kappa shape index (κ1) is 48.1. The van der Waals surface area contributed by atoms with Crippen LogP contribution in [0.3, 0.4) is 0 Å². The van der Waals surface area contributed by atoms with Crippen LogP contribution in [0.25, 0.3) is 0 Å². The van der Waals surface area contributed by atoms with Gasteiger partial charge in [-0.25, -0.2) is 21.9 Å². The molecule has 16 nitrogen and oxygen atoms in total. The van der Waals surface area contributed by atoms with Crippen molar-refractivity contribution in [1.82, 2.24) is 21.9 Å². The summed E-state index contributed by atoms with van der Waals surface area (Å²) in [4.78, 5) is 71.4. The highest BCUT2D eigenvalue weighted by Crippen LogP contribution is 2.22. The summed E-state index contributed by atoms with van der Waals surface area (Å²) in [6.45, 7) is 0.874. The monoisotopic (exact) mass is 844 g/mol. The summed E-state index contributed by atoms with van der Waals surface area (Å²) < 4.78 is 24.0. The van der Waals surface area contributed by atoms with E-state index >= 15 is 0 Å². The molecule has 4 amide bonds. The van der Waals surface area contributed by atoms with Crippen molar-refractivity contribution in [3.63, 3.8) is 0 Å². The van der Waals surface area contributed by atoms with Gasteiger partial charge in [-0.15, -0.1) is 0 Å². The number of hydrogen-bond donors (Lipinski definition) is 4. The van der Waals surface area contributed by atoms with E-state index in [9.17, 15) is 19.2 Å². The van der Waals surface area contributed by atoms with Gasteiger partial charge in [-0.3, -0.25) is 38.5 Å². The molecule has 4 aromatic rings. The van der Waals surface area contributed by atoms with Crippen LogP contribution >= 0.6 is 0 Å². The van der Waals surface area contributed by atoms with E-state index < -0.39 is 5.41 Å². The molecule has 0 aliphatic carbocycles. The van der Waals surface area contributed by atoms with Gasteiger partial charge >= 0.3 is 0 Å². The molecule has 4 aromatic carbocycles. The van der Waals surface area contributed by atoms with Crippen LogP contribution in [0.5, 0.6) is 0 Å². The molecule has 0 aromatic heterocycles. The second kappa shape index (κ2) is 29.6. The van der Waals surface area contributed by atoms with E-state index in [2.05, 4.69) is 21.9 Å². The van der Waals surface area contributed by atoms with E-state index in [0.29, 0.717) is 0 Å². The predicted octanol–water partition coefficient (Wildman–Crippen LogP) is 4.59. The molecule has 0 aliphatic rings. The molecule has 4 rings (SSSR count). The molecular formula is C45H56N4O12. The van der Waals surface area contributed by atoms with Crippen molar-refractivity contribution in [3.8, 4) is 0 Å². The number of hydroxylamine groups is 4. The predicted molar refractivity (Wildman–Crippen MR) is 222 cm³/mol. The van der Waals surface area contributed by atoms with Crippen molar-refractivity contribution >= 4 is 23.6 Å². The molecule has 0 unspecified atom stereocenters. The first-order valence-corrected chi connectivity index (χ1v) is 20.0. The van der Waals surface area contributed by atoms with Gasteiger partial charge in [0, 0.05) is 0 Å². The fraction of sp³-hybridized carbons (Fsp3) is 0.378. The Morgan fingerprint density at radius 2 is 0.557 bits per heavy atom. The number of amides is 4. The normalized spacial score (nSPS) is 11.1. The molecule has 0 aliphatic heterocycles. The molecule has 0 spiro atoms. The number of benzene rings is 4. The number of hydrogen-bond acceptors (Lipinski definition) is 12. The third-order valence-electron chi connectivity index (χ3n) is 8.60. The first-order valence-electron chi connectivity index (χ1n) is 20.0. The quantitative estimate of drug-likeness (QED) is 0.0396. The van der Waals surface area contributed by atoms with Gasteiger partial charge in [0.2, 0.25) is 23.6 Å². The minimum atomic E-state index is -0.999. The molecule has 0 saturated heterocycles. The van der Waals surface area contributed by atoms with Gasteiger partial charge < -0.3 is 18.9 Å². The van der Waals surface area contributed by atoms with Gasteiger partial charge in [0.25, 0.3) is 0 Å². The highest BCUT2D eigenvalue weighted by molar-refractivity contribution is 5.75. The summed E-state index contributed by atoms with van der Waals surface area (Å²) in [5.41, 5.74) is 12.3. The minimum Gasteiger partial charge on any atom is -0.380 e. The maximum absolute atomic E-state index is 12.5. The Hall–Kier alpha value is -5.56. The average Bonchev–Trinajstić information content (AvgIpc) is 3.28. The maximum atomic E-state index is 12.5. The largest absolute Gasteiger partial charge is 0.380 e. The third-order valence-corrected chi connectivity index (χ3v) is 8.60. The topological polar surface area (TPSA) is 190 Å². The highest BCUT2D eigenvalue weighted by Gasteiger charge is 2.33. The van der Waals surface area contributed by atoms with Gasteiger partial charge in [0.05, 0.1) is 110 Å². The van der Waals surface area contributed by atoms with Crippen molar-refractivity contribution in [2.45, 2.75) is 52.1 Å². The second-order valence-electron chi connectivity index (χ2n) is 13.9. The zero-order chi connectivity index (χ0) is 43.1. The van der Waals surface area contributed by atoms with Crippen LogP contribution in [0.2, 0.25) is 0 Å². The van der Waals surface area contributed by atoms with E-state index in [4.69, 9.17) is 38.3 Å². The van der Waals surface area contributed by atoms with E-state index in [1.807, 2.05) is 121 Å². The van der Waals surface area contributed by atoms with Crippen LogP contribution in [-0.4, -0.2) is 76.5 Å². The Bertz CT molecular complexity index is 1540. The fourth-order valence-corrected chi connectivity index (χ4v) is 5.36. The number of nitrogens with one attached hydrogen (secondary N) is 4. The van der Waals surface area contributed by atoms with Gasteiger partial charge in [0.15, 0.2) is 0 Å². The molecular weight excluding hydrogens is 789 g/mol. The smallest absolute Gasteiger partial charge is 0.245 e. The van der Waals surface area contributed by atoms with E-state index in [1.165, 1.54) is 0 Å². The molecule has 0 saturated carbocycles. The lowest BCUT2D eigenvalue weighted by atomic mass is 9.92. The van der Waals surface area contributed by atoms with Gasteiger partial charge in [-0.2, -0.15) is 0 Å². The Labute approximate surface area is 356 Å². The number of carbonyl (C=O) groups is 4. The molecule has 0 radical (unpaired) electrons. The van der Waals surface area contributed by atoms with E-state index in [1.54, 1.807) is 0 Å². The summed E-state index contributed by atoms with van der Waals surface area (Å²) in [6.07, 6.45) is -0.0441. The van der Waals surface area contributed by atoms with Crippen molar-refractivity contribution in [2.75, 3.05) is 52.9 Å². The van der Waals surface area contributed by atoms with Crippen molar-refractivity contribution < 1.29 is 57.5 Å². The molecule has 0 atom stereocenters. The lowest BCUT2D eigenvalue weighted by molar-refractivity contribution is -0.140. The lowest BCUT2D eigenvalue weighted by Crippen LogP contribution is -2.43. The Kier molecular flexibility index (Phi) is 23.4. The molecule has 0 heterocycles. The molecule has 0 fully saturated rings. The van der Waals surface area contributed by atoms with Crippen LogP contribution < -0.4 is 21.9 Å². The molecule has 0 bridgehead atoms. The lowest BCUT2D eigenvalue weighted by Gasteiger charge is -2.33. The van der Waals surface area contributed by atoms with Crippen LogP contribution in [0.15, 0.2) is 121 Å². The van der Waals surface area contributed by atoms with Crippen LogP contribution in [0.1, 0.15) is 47.9 Å². The molecule has 16 heteroatoms. The van der Waals surface area contributed by atoms with Crippen molar-refractivity contribution in [3.05, 3.63) is 144 Å². The fourth-order valence-electron chi connectivity index (χ4n) is 5.36. The van der Waals surface area contributed by atoms with Crippen LogP contribution in [0.4, 0.5) is 0 Å². The minimum absolute atomic E-state index is 0.00367. The summed E-state index contributed by atoms with van der Waals surface area (Å²) in [5.74, 6) is -1.53. The first-order chi connectivity index (χ1) is 29.9. The molecule has 4 N–H and O–H groups in total. The summed E-state index contributed by atoms with van der Waals surface area (Å²) in [5, 5.41) is 0. The highest BCUT2D eigenvalue weighted by atomic mass is 16.7. The number of rotatable bonds is 32. The zero-order valence-corrected chi connectivity index (χ0v) is 34.3. The van der Waals surface area contributed by atoms with Crippen LogP contribution in [-0.2, 0) is 83.9 Å². The summed E-state index contributed by atoms with van der Waals surface area (Å²) >= 11 is 0. The number of carbonyl (C=O) groups excluding carboxylic acids is 4. The summed E-state index contributed by atoms with van der Waals surface area (Å²) in [6, 6.07) is 37.6. The second-order valence-corrected chi connectivity index (χ2v) is 13.9. The number of ether oxygens (including phenoxy) is 4. The third kappa shape index (κ3) is 22.0. The summed E-state index contributed by atoms with van der Waals surface area (Å²) in [7, 11) is 0. The SMILES string of the molecule is O=C(CCOCC(COCCC(=O)NOCc1ccccc1)(COCCC(=O)NOCc1ccccc1)COCCC(=O)NOCc1ccccc1)NOCc1ccccc1. The maximum Gasteiger partial charge on any atom is 0.245 e. The zero-order valence-electron chi connectivity index (χ0n) is 34.3. The van der Waals surface area contributed by atoms with Crippen molar-refractivity contribution in [2.24, 2.45) is 5.41 Å². The van der Waals surface area contributed by atoms with Gasteiger partial charge in [-0.1, -0.05) is 121 Å². The van der Waals surface area contributed by atoms with E-state index in [-0.39, 0.29) is 129 Å². The van der Waals surface area contributed by atoms with Gasteiger partial charge in [0.1, 0.15) is 0 Å². The average molecular weight is 845 g/mol.